The molecule has 0 radical (unpaired) electrons. The number of hydrogen-bond donors (Lipinski definition) is 1. The Labute approximate surface area is 123 Å². The van der Waals surface area contributed by atoms with Crippen LogP contribution in [0.2, 0.25) is 0 Å². The van der Waals surface area contributed by atoms with Gasteiger partial charge in [0.15, 0.2) is 0 Å². The smallest absolute Gasteiger partial charge is 0.134 e. The van der Waals surface area contributed by atoms with Gasteiger partial charge in [0.1, 0.15) is 5.54 Å². The van der Waals surface area contributed by atoms with Gasteiger partial charge < -0.3 is 0 Å². The molecule has 1 aliphatic heterocycles. The highest BCUT2D eigenvalue weighted by Gasteiger charge is 2.36. The first-order valence-corrected chi connectivity index (χ1v) is 7.75. The monoisotopic (exact) mass is 280 g/mol. The highest BCUT2D eigenvalue weighted by atomic mass is 32.2. The molecule has 20 heavy (non-hydrogen) atoms. The van der Waals surface area contributed by atoms with Crippen molar-refractivity contribution in [2.45, 2.75) is 23.4 Å². The molecule has 1 atom stereocenters. The molecule has 100 valence electrons. The summed E-state index contributed by atoms with van der Waals surface area (Å²) in [6, 6.07) is 21.0. The Kier molecular flexibility index (Phi) is 3.77. The molecule has 0 saturated heterocycles. The number of fused-ring (bicyclic) bond motifs is 1. The summed E-state index contributed by atoms with van der Waals surface area (Å²) in [5.74, 6) is 0.979. The SMILES string of the molecule is N#CC1(NCc2ccccc2)CCSc2ccccc21. The molecule has 2 nitrogen and oxygen atoms in total. The molecule has 3 rings (SSSR count). The third kappa shape index (κ3) is 2.45. The fourth-order valence-corrected chi connectivity index (χ4v) is 3.78. The summed E-state index contributed by atoms with van der Waals surface area (Å²) in [5, 5.41) is 13.2. The average molecular weight is 280 g/mol. The summed E-state index contributed by atoms with van der Waals surface area (Å²) >= 11 is 1.84. The number of hydrogen-bond acceptors (Lipinski definition) is 3. The Balaban J connectivity index is 1.88. The first-order chi connectivity index (χ1) is 9.84. The maximum atomic E-state index is 9.74. The van der Waals surface area contributed by atoms with E-state index >= 15 is 0 Å². The zero-order valence-electron chi connectivity index (χ0n) is 11.2. The zero-order chi connectivity index (χ0) is 13.8. The van der Waals surface area contributed by atoms with Crippen molar-refractivity contribution in [3.8, 4) is 6.07 Å². The minimum absolute atomic E-state index is 0.558. The minimum atomic E-state index is -0.558. The lowest BCUT2D eigenvalue weighted by molar-refractivity contribution is 0.403. The zero-order valence-corrected chi connectivity index (χ0v) is 12.0. The summed E-state index contributed by atoms with van der Waals surface area (Å²) in [6.45, 7) is 0.716. The van der Waals surface area contributed by atoms with Crippen molar-refractivity contribution in [3.05, 3.63) is 65.7 Å². The lowest BCUT2D eigenvalue weighted by atomic mass is 9.88. The Morgan fingerprint density at radius 3 is 2.65 bits per heavy atom. The van der Waals surface area contributed by atoms with Gasteiger partial charge in [-0.2, -0.15) is 5.26 Å². The van der Waals surface area contributed by atoms with Crippen molar-refractivity contribution in [1.29, 1.82) is 5.26 Å². The van der Waals surface area contributed by atoms with Crippen molar-refractivity contribution in [3.63, 3.8) is 0 Å². The fraction of sp³-hybridized carbons (Fsp3) is 0.235. The van der Waals surface area contributed by atoms with Crippen molar-refractivity contribution < 1.29 is 0 Å². The van der Waals surface area contributed by atoms with Gasteiger partial charge in [0, 0.05) is 22.8 Å². The summed E-state index contributed by atoms with van der Waals surface area (Å²) in [5.41, 5.74) is 1.77. The molecule has 0 aliphatic carbocycles. The Morgan fingerprint density at radius 2 is 1.85 bits per heavy atom. The van der Waals surface area contributed by atoms with E-state index in [1.807, 2.05) is 42.1 Å². The lowest BCUT2D eigenvalue weighted by Crippen LogP contribution is -2.43. The van der Waals surface area contributed by atoms with E-state index in [0.29, 0.717) is 6.54 Å². The second-order valence-electron chi connectivity index (χ2n) is 4.95. The molecule has 2 aromatic carbocycles. The van der Waals surface area contributed by atoms with E-state index in [1.165, 1.54) is 10.5 Å². The van der Waals surface area contributed by atoms with E-state index in [4.69, 9.17) is 0 Å². The van der Waals surface area contributed by atoms with Crippen LogP contribution in [0.3, 0.4) is 0 Å². The van der Waals surface area contributed by atoms with Crippen molar-refractivity contribution in [2.24, 2.45) is 0 Å². The highest BCUT2D eigenvalue weighted by Crippen LogP contribution is 2.39. The number of nitriles is 1. The highest BCUT2D eigenvalue weighted by molar-refractivity contribution is 7.99. The second-order valence-corrected chi connectivity index (χ2v) is 6.09. The largest absolute Gasteiger partial charge is 0.291 e. The van der Waals surface area contributed by atoms with Crippen LogP contribution >= 0.6 is 11.8 Å². The summed E-state index contributed by atoms with van der Waals surface area (Å²) < 4.78 is 0. The van der Waals surface area contributed by atoms with Gasteiger partial charge >= 0.3 is 0 Å². The number of nitrogens with one attached hydrogen (secondary N) is 1. The molecule has 1 unspecified atom stereocenters. The summed E-state index contributed by atoms with van der Waals surface area (Å²) in [4.78, 5) is 1.22. The number of benzene rings is 2. The number of nitrogens with zero attached hydrogens (tertiary/aromatic N) is 1. The predicted octanol–water partition coefficient (Wildman–Crippen LogP) is 3.69. The first kappa shape index (κ1) is 13.2. The van der Waals surface area contributed by atoms with E-state index < -0.39 is 5.54 Å². The molecule has 0 aromatic heterocycles. The normalized spacial score (nSPS) is 20.9. The van der Waals surface area contributed by atoms with E-state index in [-0.39, 0.29) is 0 Å². The molecule has 0 saturated carbocycles. The first-order valence-electron chi connectivity index (χ1n) is 6.77. The van der Waals surface area contributed by atoms with Crippen LogP contribution in [0.4, 0.5) is 0 Å². The van der Waals surface area contributed by atoms with Gasteiger partial charge in [-0.3, -0.25) is 5.32 Å². The van der Waals surface area contributed by atoms with Crippen molar-refractivity contribution in [2.75, 3.05) is 5.75 Å². The van der Waals surface area contributed by atoms with Crippen LogP contribution in [0.1, 0.15) is 17.5 Å². The van der Waals surface area contributed by atoms with Gasteiger partial charge in [-0.15, -0.1) is 11.8 Å². The minimum Gasteiger partial charge on any atom is -0.291 e. The number of rotatable bonds is 3. The molecule has 1 N–H and O–H groups in total. The quantitative estimate of drug-likeness (QED) is 0.931. The van der Waals surface area contributed by atoms with Gasteiger partial charge in [0.05, 0.1) is 6.07 Å². The van der Waals surface area contributed by atoms with Crippen LogP contribution < -0.4 is 5.32 Å². The summed E-state index contributed by atoms with van der Waals surface area (Å²) in [7, 11) is 0. The molecule has 3 heteroatoms. The molecule has 0 bridgehead atoms. The maximum Gasteiger partial charge on any atom is 0.134 e. The summed E-state index contributed by atoms with van der Waals surface area (Å²) in [6.07, 6.45) is 0.845. The van der Waals surface area contributed by atoms with Gasteiger partial charge in [-0.05, 0) is 18.1 Å². The van der Waals surface area contributed by atoms with E-state index in [0.717, 1.165) is 17.7 Å². The van der Waals surface area contributed by atoms with Crippen molar-refractivity contribution >= 4 is 11.8 Å². The standard InChI is InChI=1S/C17H16N2S/c18-13-17(19-12-14-6-2-1-3-7-14)10-11-20-16-9-5-4-8-15(16)17/h1-9,19H,10-12H2. The molecular weight excluding hydrogens is 264 g/mol. The predicted molar refractivity (Wildman–Crippen MR) is 82.4 cm³/mol. The Bertz CT molecular complexity index is 633. The Morgan fingerprint density at radius 1 is 1.10 bits per heavy atom. The molecule has 2 aromatic rings. The van der Waals surface area contributed by atoms with Gasteiger partial charge in [-0.1, -0.05) is 48.5 Å². The van der Waals surface area contributed by atoms with Gasteiger partial charge in [0.2, 0.25) is 0 Å². The topological polar surface area (TPSA) is 35.8 Å². The third-order valence-corrected chi connectivity index (χ3v) is 4.78. The molecule has 0 spiro atoms. The van der Waals surface area contributed by atoms with Crippen LogP contribution in [-0.4, -0.2) is 5.75 Å². The van der Waals surface area contributed by atoms with Crippen molar-refractivity contribution in [1.82, 2.24) is 5.32 Å². The van der Waals surface area contributed by atoms with Crippen LogP contribution in [0.15, 0.2) is 59.5 Å². The van der Waals surface area contributed by atoms with E-state index in [1.54, 1.807) is 0 Å². The fourth-order valence-electron chi connectivity index (χ4n) is 2.58. The van der Waals surface area contributed by atoms with Crippen LogP contribution in [-0.2, 0) is 12.1 Å². The van der Waals surface area contributed by atoms with E-state index in [9.17, 15) is 5.26 Å². The number of thioether (sulfide) groups is 1. The second kappa shape index (κ2) is 5.70. The molecule has 1 heterocycles. The van der Waals surface area contributed by atoms with Gasteiger partial charge in [-0.25, -0.2) is 0 Å². The maximum absolute atomic E-state index is 9.74. The lowest BCUT2D eigenvalue weighted by Gasteiger charge is -2.33. The molecular formula is C17H16N2S. The molecule has 1 aliphatic rings. The third-order valence-electron chi connectivity index (χ3n) is 3.71. The molecule has 0 fully saturated rings. The van der Waals surface area contributed by atoms with E-state index in [2.05, 4.69) is 35.7 Å². The van der Waals surface area contributed by atoms with Crippen LogP contribution in [0.5, 0.6) is 0 Å². The van der Waals surface area contributed by atoms with Crippen LogP contribution in [0, 0.1) is 11.3 Å². The van der Waals surface area contributed by atoms with Gasteiger partial charge in [0.25, 0.3) is 0 Å². The molecule has 0 amide bonds. The Hall–Kier alpha value is -1.76. The van der Waals surface area contributed by atoms with Crippen LogP contribution in [0.25, 0.3) is 0 Å². The average Bonchev–Trinajstić information content (AvgIpc) is 2.54.